The van der Waals surface area contributed by atoms with Crippen LogP contribution in [0.5, 0.6) is 5.75 Å². The summed E-state index contributed by atoms with van der Waals surface area (Å²) in [4.78, 5) is 20.1. The van der Waals surface area contributed by atoms with Gasteiger partial charge in [0.1, 0.15) is 5.75 Å². The summed E-state index contributed by atoms with van der Waals surface area (Å²) in [7, 11) is 1.72. The number of para-hydroxylation sites is 2. The topological polar surface area (TPSA) is 83.1 Å². The van der Waals surface area contributed by atoms with Gasteiger partial charge in [-0.15, -0.1) is 24.0 Å². The molecule has 1 unspecified atom stereocenters. The van der Waals surface area contributed by atoms with Crippen molar-refractivity contribution in [2.75, 3.05) is 62.7 Å². The van der Waals surface area contributed by atoms with Crippen LogP contribution in [-0.4, -0.2) is 73.8 Å². The lowest BCUT2D eigenvalue weighted by Crippen LogP contribution is -2.51. The number of aliphatic imine (C=N–C) groups is 1. The molecule has 2 N–H and O–H groups in total. The molecule has 0 bridgehead atoms. The number of ether oxygens (including phenoxy) is 1. The van der Waals surface area contributed by atoms with E-state index in [9.17, 15) is 0 Å². The van der Waals surface area contributed by atoms with Crippen molar-refractivity contribution in [2.45, 2.75) is 6.42 Å². The zero-order valence-corrected chi connectivity index (χ0v) is 19.7. The first-order chi connectivity index (χ1) is 14.2. The van der Waals surface area contributed by atoms with E-state index in [1.165, 1.54) is 0 Å². The second-order valence-corrected chi connectivity index (χ2v) is 7.49. The zero-order chi connectivity index (χ0) is 20.1. The number of guanidine groups is 1. The second kappa shape index (κ2) is 10.6. The molecule has 2 fully saturated rings. The fraction of sp³-hybridized carbons (Fsp3) is 0.476. The van der Waals surface area contributed by atoms with Crippen molar-refractivity contribution in [1.29, 1.82) is 0 Å². The van der Waals surface area contributed by atoms with Crippen LogP contribution in [0.15, 0.2) is 47.7 Å². The van der Waals surface area contributed by atoms with Crippen molar-refractivity contribution in [1.82, 2.24) is 14.9 Å². The predicted molar refractivity (Wildman–Crippen MR) is 131 cm³/mol. The Hall–Kier alpha value is -2.30. The van der Waals surface area contributed by atoms with Crippen LogP contribution >= 0.6 is 24.0 Å². The van der Waals surface area contributed by atoms with Crippen molar-refractivity contribution in [3.05, 3.63) is 42.7 Å². The van der Waals surface area contributed by atoms with Crippen LogP contribution in [0.1, 0.15) is 6.42 Å². The SMILES string of the molecule is COc1ccccc1N1CCC(CN=C(N)N2CCN(c3ncccn3)CC2)C1.I. The highest BCUT2D eigenvalue weighted by atomic mass is 127. The number of nitrogens with zero attached hydrogens (tertiary/aromatic N) is 6. The number of aromatic nitrogens is 2. The smallest absolute Gasteiger partial charge is 0.225 e. The van der Waals surface area contributed by atoms with Crippen molar-refractivity contribution >= 4 is 41.6 Å². The van der Waals surface area contributed by atoms with Crippen molar-refractivity contribution in [2.24, 2.45) is 16.6 Å². The van der Waals surface area contributed by atoms with E-state index in [1.807, 2.05) is 18.2 Å². The summed E-state index contributed by atoms with van der Waals surface area (Å²) in [5.74, 6) is 2.87. The van der Waals surface area contributed by atoms with Crippen LogP contribution in [0.2, 0.25) is 0 Å². The third kappa shape index (κ3) is 5.24. The van der Waals surface area contributed by atoms with Gasteiger partial charge in [0.05, 0.1) is 12.8 Å². The fourth-order valence-electron chi connectivity index (χ4n) is 4.00. The molecule has 0 saturated carbocycles. The molecular weight excluding hydrogens is 493 g/mol. The first-order valence-corrected chi connectivity index (χ1v) is 10.2. The third-order valence-electron chi connectivity index (χ3n) is 5.66. The molecule has 0 aliphatic carbocycles. The van der Waals surface area contributed by atoms with E-state index in [0.717, 1.165) is 69.6 Å². The number of piperazine rings is 1. The largest absolute Gasteiger partial charge is 0.495 e. The average Bonchev–Trinajstić information content (AvgIpc) is 3.27. The maximum absolute atomic E-state index is 6.29. The number of benzene rings is 1. The molecule has 0 spiro atoms. The molecule has 0 amide bonds. The Labute approximate surface area is 195 Å². The molecule has 2 aliphatic heterocycles. The summed E-state index contributed by atoms with van der Waals surface area (Å²) in [5.41, 5.74) is 7.46. The highest BCUT2D eigenvalue weighted by Gasteiger charge is 2.25. The molecule has 0 radical (unpaired) electrons. The van der Waals surface area contributed by atoms with Crippen LogP contribution in [0.25, 0.3) is 0 Å². The van der Waals surface area contributed by atoms with Gasteiger partial charge < -0.3 is 25.2 Å². The Morgan fingerprint density at radius 2 is 1.80 bits per heavy atom. The molecule has 9 heteroatoms. The molecular formula is C21H30IN7O. The molecule has 2 aliphatic rings. The minimum Gasteiger partial charge on any atom is -0.495 e. The van der Waals surface area contributed by atoms with Gasteiger partial charge in [0.2, 0.25) is 5.95 Å². The Bertz CT molecular complexity index is 827. The van der Waals surface area contributed by atoms with E-state index in [0.29, 0.717) is 11.9 Å². The molecule has 8 nitrogen and oxygen atoms in total. The maximum Gasteiger partial charge on any atom is 0.225 e. The Morgan fingerprint density at radius 3 is 2.53 bits per heavy atom. The molecule has 30 heavy (non-hydrogen) atoms. The number of nitrogens with two attached hydrogens (primary N) is 1. The van der Waals surface area contributed by atoms with Crippen molar-refractivity contribution in [3.8, 4) is 5.75 Å². The van der Waals surface area contributed by atoms with Crippen LogP contribution in [0, 0.1) is 5.92 Å². The second-order valence-electron chi connectivity index (χ2n) is 7.49. The highest BCUT2D eigenvalue weighted by molar-refractivity contribution is 14.0. The number of anilines is 2. The normalized spacial score (nSPS) is 19.6. The zero-order valence-electron chi connectivity index (χ0n) is 17.4. The Kier molecular flexibility index (Phi) is 7.94. The average molecular weight is 523 g/mol. The van der Waals surface area contributed by atoms with Crippen LogP contribution < -0.4 is 20.3 Å². The summed E-state index contributed by atoms with van der Waals surface area (Å²) in [6.07, 6.45) is 4.68. The van der Waals surface area contributed by atoms with E-state index < -0.39 is 0 Å². The predicted octanol–water partition coefficient (Wildman–Crippen LogP) is 2.07. The van der Waals surface area contributed by atoms with E-state index in [2.05, 4.69) is 36.8 Å². The fourth-order valence-corrected chi connectivity index (χ4v) is 4.00. The van der Waals surface area contributed by atoms with Crippen LogP contribution in [-0.2, 0) is 0 Å². The molecule has 162 valence electrons. The number of halogens is 1. The monoisotopic (exact) mass is 523 g/mol. The molecule has 2 saturated heterocycles. The van der Waals surface area contributed by atoms with Gasteiger partial charge in [0.25, 0.3) is 0 Å². The van der Waals surface area contributed by atoms with Gasteiger partial charge in [-0.1, -0.05) is 12.1 Å². The van der Waals surface area contributed by atoms with E-state index >= 15 is 0 Å². The van der Waals surface area contributed by atoms with Gasteiger partial charge >= 0.3 is 0 Å². The third-order valence-corrected chi connectivity index (χ3v) is 5.66. The summed E-state index contributed by atoms with van der Waals surface area (Å²) in [6, 6.07) is 10.0. The lowest BCUT2D eigenvalue weighted by Gasteiger charge is -2.35. The quantitative estimate of drug-likeness (QED) is 0.365. The van der Waals surface area contributed by atoms with Gasteiger partial charge in [-0.05, 0) is 30.5 Å². The summed E-state index contributed by atoms with van der Waals surface area (Å²) in [5, 5.41) is 0. The molecule has 2 aromatic rings. The molecule has 1 aromatic heterocycles. The molecule has 4 rings (SSSR count). The highest BCUT2D eigenvalue weighted by Crippen LogP contribution is 2.32. The van der Waals surface area contributed by atoms with E-state index in [1.54, 1.807) is 19.5 Å². The van der Waals surface area contributed by atoms with E-state index in [4.69, 9.17) is 15.5 Å². The summed E-state index contributed by atoms with van der Waals surface area (Å²) in [6.45, 7) is 6.15. The summed E-state index contributed by atoms with van der Waals surface area (Å²) < 4.78 is 5.50. The van der Waals surface area contributed by atoms with Crippen LogP contribution in [0.3, 0.4) is 0 Å². The number of hydrogen-bond acceptors (Lipinski definition) is 6. The number of rotatable bonds is 5. The van der Waals surface area contributed by atoms with Gasteiger partial charge in [0, 0.05) is 58.2 Å². The minimum absolute atomic E-state index is 0. The molecule has 3 heterocycles. The maximum atomic E-state index is 6.29. The van der Waals surface area contributed by atoms with Gasteiger partial charge in [-0.2, -0.15) is 0 Å². The van der Waals surface area contributed by atoms with E-state index in [-0.39, 0.29) is 24.0 Å². The number of hydrogen-bond donors (Lipinski definition) is 1. The van der Waals surface area contributed by atoms with Crippen LogP contribution in [0.4, 0.5) is 11.6 Å². The number of methoxy groups -OCH3 is 1. The van der Waals surface area contributed by atoms with Crippen molar-refractivity contribution in [3.63, 3.8) is 0 Å². The standard InChI is InChI=1S/C21H29N7O.HI/c1-29-19-6-3-2-5-18(19)28-10-7-17(16-28)15-25-20(22)26-11-13-27(14-12-26)21-23-8-4-9-24-21;/h2-6,8-9,17H,7,10-16H2,1H3,(H2,22,25);1H. The van der Waals surface area contributed by atoms with Gasteiger partial charge in [-0.25, -0.2) is 9.97 Å². The lowest BCUT2D eigenvalue weighted by atomic mass is 10.1. The lowest BCUT2D eigenvalue weighted by molar-refractivity contribution is 0.377. The Balaban J connectivity index is 0.00000256. The van der Waals surface area contributed by atoms with Crippen molar-refractivity contribution < 1.29 is 4.74 Å². The molecule has 1 atom stereocenters. The minimum atomic E-state index is 0. The van der Waals surface area contributed by atoms with Gasteiger partial charge in [-0.3, -0.25) is 4.99 Å². The first-order valence-electron chi connectivity index (χ1n) is 10.2. The Morgan fingerprint density at radius 1 is 1.07 bits per heavy atom. The summed E-state index contributed by atoms with van der Waals surface area (Å²) >= 11 is 0. The molecule has 1 aromatic carbocycles. The van der Waals surface area contributed by atoms with Gasteiger partial charge in [0.15, 0.2) is 5.96 Å². The first kappa shape index (κ1) is 22.4.